The van der Waals surface area contributed by atoms with Crippen molar-refractivity contribution in [1.29, 1.82) is 5.26 Å². The summed E-state index contributed by atoms with van der Waals surface area (Å²) in [6.07, 6.45) is 1.73. The van der Waals surface area contributed by atoms with Crippen LogP contribution in [0.25, 0.3) is 17.0 Å². The predicted octanol–water partition coefficient (Wildman–Crippen LogP) is 3.23. The molecule has 0 N–H and O–H groups in total. The molecule has 0 amide bonds. The fourth-order valence-electron chi connectivity index (χ4n) is 1.94. The summed E-state index contributed by atoms with van der Waals surface area (Å²) in [6, 6.07) is 11.3. The second-order valence-corrected chi connectivity index (χ2v) is 4.65. The number of fused-ring (bicyclic) bond motifs is 1. The van der Waals surface area contributed by atoms with E-state index in [2.05, 4.69) is 16.3 Å². The minimum Gasteiger partial charge on any atom is -0.281 e. The first kappa shape index (κ1) is 11.7. The average molecular weight is 269 g/mol. The number of halogens is 1. The Morgan fingerprint density at radius 3 is 2.79 bits per heavy atom. The Hall–Kier alpha value is -2.38. The third kappa shape index (κ3) is 1.94. The standard InChI is InChI=1S/C14H9ClN4/c1-9-6-11(3-4-12(9)15)14-18-17-13-5-2-10(7-16)8-19(13)14/h2-6,8H,1H3. The molecule has 92 valence electrons. The van der Waals surface area contributed by atoms with Crippen LogP contribution in [-0.2, 0) is 0 Å². The first-order valence-corrected chi connectivity index (χ1v) is 6.08. The van der Waals surface area contributed by atoms with E-state index >= 15 is 0 Å². The molecule has 1 aromatic carbocycles. The van der Waals surface area contributed by atoms with Crippen molar-refractivity contribution < 1.29 is 0 Å². The zero-order chi connectivity index (χ0) is 13.4. The molecular weight excluding hydrogens is 260 g/mol. The van der Waals surface area contributed by atoms with Crippen molar-refractivity contribution in [2.24, 2.45) is 0 Å². The molecular formula is C14H9ClN4. The smallest absolute Gasteiger partial charge is 0.168 e. The Bertz CT molecular complexity index is 814. The van der Waals surface area contributed by atoms with Gasteiger partial charge in [0.05, 0.1) is 5.56 Å². The van der Waals surface area contributed by atoms with Crippen LogP contribution in [0.2, 0.25) is 5.02 Å². The summed E-state index contributed by atoms with van der Waals surface area (Å²) in [5.41, 5.74) is 3.18. The second kappa shape index (κ2) is 4.38. The van der Waals surface area contributed by atoms with Crippen molar-refractivity contribution >= 4 is 17.2 Å². The number of rotatable bonds is 1. The molecule has 2 aromatic heterocycles. The number of hydrogen-bond donors (Lipinski definition) is 0. The molecule has 0 aliphatic heterocycles. The van der Waals surface area contributed by atoms with E-state index < -0.39 is 0 Å². The van der Waals surface area contributed by atoms with Gasteiger partial charge in [-0.3, -0.25) is 4.40 Å². The van der Waals surface area contributed by atoms with E-state index in [4.69, 9.17) is 16.9 Å². The van der Waals surface area contributed by atoms with Crippen LogP contribution in [0.4, 0.5) is 0 Å². The van der Waals surface area contributed by atoms with E-state index in [9.17, 15) is 0 Å². The first-order valence-electron chi connectivity index (χ1n) is 5.70. The normalized spacial score (nSPS) is 10.6. The summed E-state index contributed by atoms with van der Waals surface area (Å²) in [7, 11) is 0. The first-order chi connectivity index (χ1) is 9.19. The molecule has 0 unspecified atom stereocenters. The molecule has 3 rings (SSSR count). The minimum absolute atomic E-state index is 0.569. The van der Waals surface area contributed by atoms with Crippen LogP contribution in [0.3, 0.4) is 0 Å². The Balaban J connectivity index is 2.24. The zero-order valence-corrected chi connectivity index (χ0v) is 10.9. The van der Waals surface area contributed by atoms with Crippen molar-refractivity contribution in [3.8, 4) is 17.5 Å². The van der Waals surface area contributed by atoms with Gasteiger partial charge in [-0.15, -0.1) is 10.2 Å². The summed E-state index contributed by atoms with van der Waals surface area (Å²) in [6.45, 7) is 1.94. The summed E-state index contributed by atoms with van der Waals surface area (Å²) >= 11 is 6.02. The predicted molar refractivity (Wildman–Crippen MR) is 72.9 cm³/mol. The molecule has 0 fully saturated rings. The highest BCUT2D eigenvalue weighted by molar-refractivity contribution is 6.31. The van der Waals surface area contributed by atoms with Crippen molar-refractivity contribution in [1.82, 2.24) is 14.6 Å². The molecule has 19 heavy (non-hydrogen) atoms. The van der Waals surface area contributed by atoms with Gasteiger partial charge in [0.15, 0.2) is 11.5 Å². The molecule has 4 nitrogen and oxygen atoms in total. The van der Waals surface area contributed by atoms with Gasteiger partial charge in [0.1, 0.15) is 6.07 Å². The van der Waals surface area contributed by atoms with Crippen LogP contribution >= 0.6 is 11.6 Å². The molecule has 0 aliphatic rings. The van der Waals surface area contributed by atoms with Crippen LogP contribution in [0.15, 0.2) is 36.5 Å². The highest BCUT2D eigenvalue weighted by atomic mass is 35.5. The number of pyridine rings is 1. The van der Waals surface area contributed by atoms with Crippen molar-refractivity contribution in [3.05, 3.63) is 52.7 Å². The molecule has 0 aliphatic carbocycles. The largest absolute Gasteiger partial charge is 0.281 e. The quantitative estimate of drug-likeness (QED) is 0.681. The lowest BCUT2D eigenvalue weighted by Gasteiger charge is -2.03. The third-order valence-corrected chi connectivity index (χ3v) is 3.37. The Morgan fingerprint density at radius 1 is 1.21 bits per heavy atom. The molecule has 3 aromatic rings. The number of benzene rings is 1. The van der Waals surface area contributed by atoms with Crippen LogP contribution in [-0.4, -0.2) is 14.6 Å². The van der Waals surface area contributed by atoms with Crippen LogP contribution in [0, 0.1) is 18.3 Å². The van der Waals surface area contributed by atoms with Gasteiger partial charge in [-0.25, -0.2) is 0 Å². The average Bonchev–Trinajstić information content (AvgIpc) is 2.84. The second-order valence-electron chi connectivity index (χ2n) is 4.25. The van der Waals surface area contributed by atoms with E-state index in [0.717, 1.165) is 16.1 Å². The lowest BCUT2D eigenvalue weighted by molar-refractivity contribution is 1.11. The number of nitriles is 1. The Morgan fingerprint density at radius 2 is 2.05 bits per heavy atom. The molecule has 2 heterocycles. The number of nitrogens with zero attached hydrogens (tertiary/aromatic N) is 4. The fourth-order valence-corrected chi connectivity index (χ4v) is 2.06. The number of aryl methyl sites for hydroxylation is 1. The van der Waals surface area contributed by atoms with Crippen molar-refractivity contribution in [2.45, 2.75) is 6.92 Å². The van der Waals surface area contributed by atoms with E-state index in [0.29, 0.717) is 17.0 Å². The van der Waals surface area contributed by atoms with Gasteiger partial charge in [-0.1, -0.05) is 11.6 Å². The van der Waals surface area contributed by atoms with E-state index in [1.807, 2.05) is 25.1 Å². The maximum Gasteiger partial charge on any atom is 0.168 e. The summed E-state index contributed by atoms with van der Waals surface area (Å²) in [4.78, 5) is 0. The van der Waals surface area contributed by atoms with Gasteiger partial charge < -0.3 is 0 Å². The maximum atomic E-state index is 8.95. The molecule has 0 saturated heterocycles. The van der Waals surface area contributed by atoms with Crippen LogP contribution in [0.5, 0.6) is 0 Å². The highest BCUT2D eigenvalue weighted by Gasteiger charge is 2.09. The van der Waals surface area contributed by atoms with E-state index in [1.54, 1.807) is 22.7 Å². The van der Waals surface area contributed by atoms with Gasteiger partial charge in [-0.2, -0.15) is 5.26 Å². The molecule has 0 atom stereocenters. The van der Waals surface area contributed by atoms with Crippen LogP contribution < -0.4 is 0 Å². The SMILES string of the molecule is Cc1cc(-c2nnc3ccc(C#N)cn23)ccc1Cl. The summed E-state index contributed by atoms with van der Waals surface area (Å²) in [5, 5.41) is 17.9. The maximum absolute atomic E-state index is 8.95. The van der Waals surface area contributed by atoms with Crippen molar-refractivity contribution in [2.75, 3.05) is 0 Å². The van der Waals surface area contributed by atoms with Crippen LogP contribution in [0.1, 0.15) is 11.1 Å². The minimum atomic E-state index is 0.569. The Labute approximate surface area is 114 Å². The zero-order valence-electron chi connectivity index (χ0n) is 10.1. The van der Waals surface area contributed by atoms with Gasteiger partial charge in [-0.05, 0) is 42.8 Å². The highest BCUT2D eigenvalue weighted by Crippen LogP contribution is 2.24. The van der Waals surface area contributed by atoms with Gasteiger partial charge in [0.2, 0.25) is 0 Å². The third-order valence-electron chi connectivity index (χ3n) is 2.95. The van der Waals surface area contributed by atoms with Gasteiger partial charge in [0, 0.05) is 16.8 Å². The molecule has 0 saturated carbocycles. The molecule has 0 spiro atoms. The topological polar surface area (TPSA) is 54.0 Å². The fraction of sp³-hybridized carbons (Fsp3) is 0.0714. The molecule has 0 radical (unpaired) electrons. The lowest BCUT2D eigenvalue weighted by Crippen LogP contribution is -1.91. The van der Waals surface area contributed by atoms with Gasteiger partial charge in [0.25, 0.3) is 0 Å². The van der Waals surface area contributed by atoms with E-state index in [1.165, 1.54) is 0 Å². The Kier molecular flexibility index (Phi) is 2.69. The molecule has 0 bridgehead atoms. The number of hydrogen-bond acceptors (Lipinski definition) is 3. The van der Waals surface area contributed by atoms with E-state index in [-0.39, 0.29) is 0 Å². The summed E-state index contributed by atoms with van der Waals surface area (Å²) < 4.78 is 1.81. The molecule has 5 heteroatoms. The van der Waals surface area contributed by atoms with Gasteiger partial charge >= 0.3 is 0 Å². The lowest BCUT2D eigenvalue weighted by atomic mass is 10.1. The monoisotopic (exact) mass is 268 g/mol. The van der Waals surface area contributed by atoms with Crippen molar-refractivity contribution in [3.63, 3.8) is 0 Å². The summed E-state index contributed by atoms with van der Waals surface area (Å²) in [5.74, 6) is 0.701. The number of aromatic nitrogens is 3.